The molecule has 4 aliphatic heterocycles. The zero-order chi connectivity index (χ0) is 36.5. The Kier molecular flexibility index (Phi) is 8.58. The molecule has 1 saturated carbocycles. The maximum Gasteiger partial charge on any atom is 0.223 e. The number of hydrogen-bond acceptors (Lipinski definition) is 6. The van der Waals surface area contributed by atoms with Crippen molar-refractivity contribution in [3.05, 3.63) is 71.2 Å². The minimum Gasteiger partial charge on any atom is -0.472 e. The van der Waals surface area contributed by atoms with Crippen molar-refractivity contribution in [3.63, 3.8) is 0 Å². The molecule has 5 atom stereocenters. The largest absolute Gasteiger partial charge is 0.472 e. The summed E-state index contributed by atoms with van der Waals surface area (Å²) < 4.78 is 55.9. The van der Waals surface area contributed by atoms with Gasteiger partial charge in [-0.3, -0.25) is 9.69 Å². The molecule has 53 heavy (non-hydrogen) atoms. The molecule has 5 aliphatic rings. The number of nitrogens with one attached hydrogen (secondary N) is 1. The summed E-state index contributed by atoms with van der Waals surface area (Å²) in [6.45, 7) is 5.50. The molecule has 3 aromatic carbocycles. The predicted octanol–water partition coefficient (Wildman–Crippen LogP) is 7.44. The lowest BCUT2D eigenvalue weighted by molar-refractivity contribution is -0.134. The number of aryl methyl sites for hydroxylation is 2. The van der Waals surface area contributed by atoms with Crippen LogP contribution in [-0.2, 0) is 17.6 Å². The molecule has 0 spiro atoms. The Bertz CT molecular complexity index is 2320. The van der Waals surface area contributed by atoms with Gasteiger partial charge < -0.3 is 19.5 Å². The van der Waals surface area contributed by atoms with E-state index in [4.69, 9.17) is 9.72 Å². The molecule has 274 valence electrons. The number of hydrogen-bond donors (Lipinski definition) is 1. The number of fused-ring (bicyclic) bond motifs is 5. The average Bonchev–Trinajstić information content (AvgIpc) is 3.92. The number of ether oxygens (including phenoxy) is 1. The Morgan fingerprint density at radius 1 is 1.06 bits per heavy atom. The molecular weight excluding hydrogens is 677 g/mol. The minimum atomic E-state index is -1.02. The number of benzene rings is 3. The summed E-state index contributed by atoms with van der Waals surface area (Å²) >= 11 is 0. The van der Waals surface area contributed by atoms with E-state index in [9.17, 15) is 18.8 Å². The van der Waals surface area contributed by atoms with Crippen LogP contribution in [0.25, 0.3) is 43.7 Å². The van der Waals surface area contributed by atoms with Crippen molar-refractivity contribution in [1.82, 2.24) is 24.7 Å². The fourth-order valence-corrected chi connectivity index (χ4v) is 9.53. The first-order valence-corrected chi connectivity index (χ1v) is 19.0. The lowest BCUT2D eigenvalue weighted by atomic mass is 9.79. The lowest BCUT2D eigenvalue weighted by Crippen LogP contribution is -2.42. The van der Waals surface area contributed by atoms with Gasteiger partial charge in [-0.15, -0.1) is 0 Å². The fourth-order valence-electron chi connectivity index (χ4n) is 9.53. The van der Waals surface area contributed by atoms with Gasteiger partial charge in [0.05, 0.1) is 23.0 Å². The molecular formula is C42H43F3N6O2. The molecule has 1 unspecified atom stereocenters. The summed E-state index contributed by atoms with van der Waals surface area (Å²) in [4.78, 5) is 22.4. The molecule has 2 bridgehead atoms. The highest BCUT2D eigenvalue weighted by Crippen LogP contribution is 2.49. The molecule has 11 heteroatoms. The van der Waals surface area contributed by atoms with Crippen LogP contribution in [0.4, 0.5) is 13.2 Å². The van der Waals surface area contributed by atoms with Gasteiger partial charge in [0, 0.05) is 61.2 Å². The molecule has 6 heterocycles. The van der Waals surface area contributed by atoms with Gasteiger partial charge in [-0.1, -0.05) is 18.2 Å². The monoisotopic (exact) mass is 720 g/mol. The summed E-state index contributed by atoms with van der Waals surface area (Å²) in [5.41, 5.74) is 3.15. The van der Waals surface area contributed by atoms with Crippen LogP contribution < -0.4 is 10.1 Å². The van der Waals surface area contributed by atoms with Crippen LogP contribution in [-0.4, -0.2) is 76.7 Å². The van der Waals surface area contributed by atoms with Crippen LogP contribution in [0, 0.1) is 34.7 Å². The van der Waals surface area contributed by atoms with Gasteiger partial charge in [0.1, 0.15) is 11.6 Å². The maximum atomic E-state index is 17.7. The maximum absolute atomic E-state index is 17.7. The van der Waals surface area contributed by atoms with E-state index in [1.807, 2.05) is 17.9 Å². The Labute approximate surface area is 306 Å². The van der Waals surface area contributed by atoms with Crippen molar-refractivity contribution in [1.29, 1.82) is 5.26 Å². The molecule has 1 N–H and O–H groups in total. The van der Waals surface area contributed by atoms with Crippen molar-refractivity contribution >= 4 is 38.5 Å². The Morgan fingerprint density at radius 3 is 2.58 bits per heavy atom. The second-order valence-corrected chi connectivity index (χ2v) is 15.5. The number of likely N-dealkylation sites (tertiary alicyclic amines) is 2. The third kappa shape index (κ3) is 5.64. The molecule has 0 radical (unpaired) electrons. The van der Waals surface area contributed by atoms with Crippen LogP contribution >= 0.6 is 0 Å². The highest BCUT2D eigenvalue weighted by molar-refractivity contribution is 6.10. The van der Waals surface area contributed by atoms with E-state index in [-0.39, 0.29) is 54.1 Å². The second kappa shape index (κ2) is 13.3. The second-order valence-electron chi connectivity index (χ2n) is 15.5. The SMILES string of the molecule is C[C@H](Oc1nc2c(F)c(-c3cccc4cc(F)c(F)cc34)c(CCC#N)cc2c2c1cc(CCC(=O)N1CCC1)n2[C@H]1[C@H]2CN[C@@H]1C2)C1CCCN1C. The van der Waals surface area contributed by atoms with Crippen molar-refractivity contribution in [2.24, 2.45) is 5.92 Å². The first kappa shape index (κ1) is 34.1. The number of rotatable bonds is 10. The number of carbonyl (C=O) groups is 1. The van der Waals surface area contributed by atoms with Crippen LogP contribution in [0.3, 0.4) is 0 Å². The van der Waals surface area contributed by atoms with Gasteiger partial charge in [0.15, 0.2) is 17.5 Å². The van der Waals surface area contributed by atoms with Gasteiger partial charge in [-0.05, 0) is 111 Å². The average molecular weight is 721 g/mol. The summed E-state index contributed by atoms with van der Waals surface area (Å²) in [6, 6.07) is 14.1. The Balaban J connectivity index is 1.30. The number of pyridine rings is 1. The van der Waals surface area contributed by atoms with E-state index in [0.29, 0.717) is 51.9 Å². The number of nitriles is 1. The predicted molar refractivity (Wildman–Crippen MR) is 198 cm³/mol. The molecule has 10 rings (SSSR count). The van der Waals surface area contributed by atoms with Gasteiger partial charge in [0.25, 0.3) is 0 Å². The quantitative estimate of drug-likeness (QED) is 0.162. The molecule has 5 fully saturated rings. The molecule has 8 nitrogen and oxygen atoms in total. The van der Waals surface area contributed by atoms with Crippen LogP contribution in [0.2, 0.25) is 0 Å². The zero-order valence-electron chi connectivity index (χ0n) is 30.1. The van der Waals surface area contributed by atoms with E-state index in [2.05, 4.69) is 34.0 Å². The van der Waals surface area contributed by atoms with Gasteiger partial charge in [-0.25, -0.2) is 18.2 Å². The third-order valence-corrected chi connectivity index (χ3v) is 12.4. The van der Waals surface area contributed by atoms with Gasteiger partial charge in [0.2, 0.25) is 11.8 Å². The summed E-state index contributed by atoms with van der Waals surface area (Å²) in [5, 5.41) is 15.5. The fraction of sp³-hybridized carbons (Fsp3) is 0.452. The van der Waals surface area contributed by atoms with Crippen molar-refractivity contribution in [2.45, 2.75) is 82.5 Å². The first-order valence-electron chi connectivity index (χ1n) is 19.0. The highest BCUT2D eigenvalue weighted by atomic mass is 19.2. The van der Waals surface area contributed by atoms with E-state index >= 15 is 4.39 Å². The van der Waals surface area contributed by atoms with Crippen molar-refractivity contribution in [3.8, 4) is 23.1 Å². The Morgan fingerprint density at radius 2 is 1.89 bits per heavy atom. The topological polar surface area (TPSA) is 86.4 Å². The van der Waals surface area contributed by atoms with E-state index in [0.717, 1.165) is 80.6 Å². The number of nitrogens with zero attached hydrogens (tertiary/aromatic N) is 5. The Hall–Kier alpha value is -4.66. The van der Waals surface area contributed by atoms with E-state index < -0.39 is 17.5 Å². The smallest absolute Gasteiger partial charge is 0.223 e. The van der Waals surface area contributed by atoms with E-state index in [1.54, 1.807) is 18.2 Å². The molecule has 1 aliphatic carbocycles. The van der Waals surface area contributed by atoms with Crippen LogP contribution in [0.15, 0.2) is 42.5 Å². The highest BCUT2D eigenvalue weighted by Gasteiger charge is 2.49. The van der Waals surface area contributed by atoms with E-state index in [1.165, 1.54) is 0 Å². The number of carbonyl (C=O) groups excluding carboxylic acids is 1. The normalized spacial score (nSPS) is 23.1. The van der Waals surface area contributed by atoms with Crippen LogP contribution in [0.1, 0.15) is 62.7 Å². The number of likely N-dealkylation sites (N-methyl/N-ethyl adjacent to an activating group) is 1. The zero-order valence-corrected chi connectivity index (χ0v) is 30.1. The van der Waals surface area contributed by atoms with Crippen LogP contribution in [0.5, 0.6) is 5.88 Å². The number of halogens is 3. The minimum absolute atomic E-state index is 0.122. The summed E-state index contributed by atoms with van der Waals surface area (Å²) in [7, 11) is 2.09. The number of amides is 1. The third-order valence-electron chi connectivity index (χ3n) is 12.4. The van der Waals surface area contributed by atoms with Crippen molar-refractivity contribution < 1.29 is 22.7 Å². The number of aromatic nitrogens is 2. The molecule has 2 aromatic heterocycles. The summed E-state index contributed by atoms with van der Waals surface area (Å²) in [5.74, 6) is -1.72. The summed E-state index contributed by atoms with van der Waals surface area (Å²) in [6.07, 6.45) is 5.19. The lowest BCUT2D eigenvalue weighted by Gasteiger charge is -2.38. The standard InChI is InChI=1S/C42H43F3N6O2/c1-23(35-10-5-14-49(35)2)53-42-31-20-27(11-12-36(52)50-15-6-16-50)51(40-26-19-34(40)47-22-26)41(31)30-17-25(8-4-13-46)37(38(45)39(30)48-42)28-9-3-7-24-18-32(43)33(44)21-29(24)28/h3,7,9,17-18,20-21,23,26,34-35,40,47H,4-6,8,10-12,14-16,19,22H2,1-2H3/t23-,26+,34+,35?,40-/m0/s1. The van der Waals surface area contributed by atoms with Crippen molar-refractivity contribution in [2.75, 3.05) is 33.2 Å². The molecule has 5 aromatic rings. The first-order chi connectivity index (χ1) is 25.7. The van der Waals surface area contributed by atoms with Gasteiger partial charge in [-0.2, -0.15) is 5.26 Å². The molecule has 4 saturated heterocycles. The molecule has 1 amide bonds. The van der Waals surface area contributed by atoms with Gasteiger partial charge >= 0.3 is 0 Å².